The summed E-state index contributed by atoms with van der Waals surface area (Å²) in [7, 11) is 1.45. The molecule has 0 aliphatic heterocycles. The zero-order valence-corrected chi connectivity index (χ0v) is 10.7. The zero-order valence-electron chi connectivity index (χ0n) is 10.7. The smallest absolute Gasteiger partial charge is 0.339 e. The number of carboxylic acid groups (broad SMARTS) is 1. The number of aromatic carboxylic acids is 1. The Morgan fingerprint density at radius 2 is 1.79 bits per heavy atom. The predicted molar refractivity (Wildman–Crippen MR) is 71.2 cm³/mol. The van der Waals surface area contributed by atoms with Gasteiger partial charge < -0.3 is 14.6 Å². The van der Waals surface area contributed by atoms with Gasteiger partial charge in [0.25, 0.3) is 0 Å². The fourth-order valence-electron chi connectivity index (χ4n) is 1.83. The van der Waals surface area contributed by atoms with Crippen LogP contribution in [0.15, 0.2) is 42.5 Å². The second-order valence-electron chi connectivity index (χ2n) is 3.99. The number of hydrogen-bond donors (Lipinski definition) is 1. The first-order chi connectivity index (χ1) is 9.13. The van der Waals surface area contributed by atoms with Crippen LogP contribution in [0, 0.1) is 6.92 Å². The van der Waals surface area contributed by atoms with Gasteiger partial charge in [-0.2, -0.15) is 0 Å². The fourth-order valence-corrected chi connectivity index (χ4v) is 1.83. The Bertz CT molecular complexity index is 591. The van der Waals surface area contributed by atoms with Crippen LogP contribution in [0.1, 0.15) is 15.9 Å². The van der Waals surface area contributed by atoms with Crippen molar-refractivity contribution in [2.75, 3.05) is 7.11 Å². The average molecular weight is 258 g/mol. The highest BCUT2D eigenvalue weighted by Crippen LogP contribution is 2.34. The van der Waals surface area contributed by atoms with Gasteiger partial charge in [0.1, 0.15) is 22.8 Å². The second kappa shape index (κ2) is 5.44. The van der Waals surface area contributed by atoms with Gasteiger partial charge in [0, 0.05) is 5.56 Å². The van der Waals surface area contributed by atoms with Gasteiger partial charge in [-0.15, -0.1) is 0 Å². The molecule has 0 spiro atoms. The molecule has 0 aliphatic carbocycles. The maximum atomic E-state index is 11.1. The van der Waals surface area contributed by atoms with E-state index in [-0.39, 0.29) is 5.56 Å². The molecule has 0 radical (unpaired) electrons. The molecular formula is C15H14O4. The van der Waals surface area contributed by atoms with Crippen molar-refractivity contribution in [3.8, 4) is 17.2 Å². The van der Waals surface area contributed by atoms with Crippen LogP contribution in [0.4, 0.5) is 0 Å². The summed E-state index contributed by atoms with van der Waals surface area (Å²) in [4.78, 5) is 11.1. The highest BCUT2D eigenvalue weighted by molar-refractivity contribution is 5.91. The molecule has 0 unspecified atom stereocenters. The molecule has 0 heterocycles. The highest BCUT2D eigenvalue weighted by Gasteiger charge is 2.16. The first-order valence-corrected chi connectivity index (χ1v) is 5.77. The minimum absolute atomic E-state index is 0.125. The van der Waals surface area contributed by atoms with Crippen LogP contribution in [0.5, 0.6) is 17.2 Å². The third-order valence-electron chi connectivity index (χ3n) is 2.76. The molecule has 2 aromatic rings. The molecule has 0 saturated heterocycles. The fraction of sp³-hybridized carbons (Fsp3) is 0.133. The van der Waals surface area contributed by atoms with Gasteiger partial charge in [-0.1, -0.05) is 18.2 Å². The molecule has 2 aromatic carbocycles. The van der Waals surface area contributed by atoms with Gasteiger partial charge >= 0.3 is 5.97 Å². The standard InChI is InChI=1S/C15H14O4/c1-10-13(19-11-6-4-3-5-7-11)9-8-12(15(16)17)14(10)18-2/h3-9H,1-2H3,(H,16,17). The van der Waals surface area contributed by atoms with Gasteiger partial charge in [-0.05, 0) is 31.2 Å². The second-order valence-corrected chi connectivity index (χ2v) is 3.99. The number of carboxylic acids is 1. The van der Waals surface area contributed by atoms with Gasteiger partial charge in [0.15, 0.2) is 0 Å². The van der Waals surface area contributed by atoms with Crippen molar-refractivity contribution in [3.05, 3.63) is 53.6 Å². The van der Waals surface area contributed by atoms with Crippen molar-refractivity contribution >= 4 is 5.97 Å². The van der Waals surface area contributed by atoms with E-state index in [0.717, 1.165) is 0 Å². The maximum absolute atomic E-state index is 11.1. The topological polar surface area (TPSA) is 55.8 Å². The van der Waals surface area contributed by atoms with Gasteiger partial charge in [0.2, 0.25) is 0 Å². The van der Waals surface area contributed by atoms with Crippen molar-refractivity contribution in [2.45, 2.75) is 6.92 Å². The third kappa shape index (κ3) is 2.68. The summed E-state index contributed by atoms with van der Waals surface area (Å²) >= 11 is 0. The van der Waals surface area contributed by atoms with E-state index in [1.54, 1.807) is 13.0 Å². The molecule has 0 bridgehead atoms. The SMILES string of the molecule is COc1c(C(=O)O)ccc(Oc2ccccc2)c1C. The van der Waals surface area contributed by atoms with E-state index in [4.69, 9.17) is 14.6 Å². The Morgan fingerprint density at radius 3 is 2.37 bits per heavy atom. The first-order valence-electron chi connectivity index (χ1n) is 5.77. The Hall–Kier alpha value is -2.49. The number of para-hydroxylation sites is 1. The van der Waals surface area contributed by atoms with Crippen LogP contribution < -0.4 is 9.47 Å². The van der Waals surface area contributed by atoms with Crippen LogP contribution in [0.2, 0.25) is 0 Å². The Balaban J connectivity index is 2.40. The summed E-state index contributed by atoms with van der Waals surface area (Å²) in [5.41, 5.74) is 0.784. The van der Waals surface area contributed by atoms with E-state index in [0.29, 0.717) is 22.8 Å². The number of ether oxygens (including phenoxy) is 2. The molecule has 0 aromatic heterocycles. The van der Waals surface area contributed by atoms with Crippen molar-refractivity contribution in [1.82, 2.24) is 0 Å². The van der Waals surface area contributed by atoms with Crippen molar-refractivity contribution in [3.63, 3.8) is 0 Å². The van der Waals surface area contributed by atoms with Crippen LogP contribution in [-0.4, -0.2) is 18.2 Å². The van der Waals surface area contributed by atoms with Crippen molar-refractivity contribution in [1.29, 1.82) is 0 Å². The molecule has 0 saturated carbocycles. The van der Waals surface area contributed by atoms with Crippen molar-refractivity contribution < 1.29 is 19.4 Å². The minimum atomic E-state index is -1.02. The Kier molecular flexibility index (Phi) is 3.71. The molecule has 0 fully saturated rings. The molecule has 0 atom stereocenters. The van der Waals surface area contributed by atoms with E-state index < -0.39 is 5.97 Å². The summed E-state index contributed by atoms with van der Waals surface area (Å²) in [6, 6.07) is 12.4. The summed E-state index contributed by atoms with van der Waals surface area (Å²) < 4.78 is 10.9. The van der Waals surface area contributed by atoms with Crippen LogP contribution in [0.3, 0.4) is 0 Å². The number of benzene rings is 2. The van der Waals surface area contributed by atoms with Gasteiger partial charge in [-0.25, -0.2) is 4.79 Å². The molecule has 0 amide bonds. The lowest BCUT2D eigenvalue weighted by atomic mass is 10.1. The number of rotatable bonds is 4. The number of carbonyl (C=O) groups is 1. The monoisotopic (exact) mass is 258 g/mol. The van der Waals surface area contributed by atoms with Crippen LogP contribution in [0.25, 0.3) is 0 Å². The molecule has 4 heteroatoms. The Morgan fingerprint density at radius 1 is 1.11 bits per heavy atom. The minimum Gasteiger partial charge on any atom is -0.495 e. The van der Waals surface area contributed by atoms with Gasteiger partial charge in [0.05, 0.1) is 7.11 Å². The predicted octanol–water partition coefficient (Wildman–Crippen LogP) is 3.49. The average Bonchev–Trinajstić information content (AvgIpc) is 2.41. The quantitative estimate of drug-likeness (QED) is 0.912. The summed E-state index contributed by atoms with van der Waals surface area (Å²) in [6.07, 6.45) is 0. The molecular weight excluding hydrogens is 244 g/mol. The van der Waals surface area contributed by atoms with Crippen LogP contribution >= 0.6 is 0 Å². The first kappa shape index (κ1) is 13.0. The summed E-state index contributed by atoms with van der Waals surface area (Å²) in [5, 5.41) is 9.08. The molecule has 0 aliphatic rings. The largest absolute Gasteiger partial charge is 0.495 e. The molecule has 4 nitrogen and oxygen atoms in total. The van der Waals surface area contributed by atoms with E-state index >= 15 is 0 Å². The van der Waals surface area contributed by atoms with E-state index in [9.17, 15) is 4.79 Å². The van der Waals surface area contributed by atoms with Crippen LogP contribution in [-0.2, 0) is 0 Å². The summed E-state index contributed by atoms with van der Waals surface area (Å²) in [6.45, 7) is 1.77. The highest BCUT2D eigenvalue weighted by atomic mass is 16.5. The normalized spacial score (nSPS) is 10.0. The van der Waals surface area contributed by atoms with E-state index in [2.05, 4.69) is 0 Å². The number of hydrogen-bond acceptors (Lipinski definition) is 3. The molecule has 98 valence electrons. The third-order valence-corrected chi connectivity index (χ3v) is 2.76. The molecule has 1 N–H and O–H groups in total. The van der Waals surface area contributed by atoms with E-state index in [1.807, 2.05) is 30.3 Å². The van der Waals surface area contributed by atoms with E-state index in [1.165, 1.54) is 13.2 Å². The van der Waals surface area contributed by atoms with Crippen molar-refractivity contribution in [2.24, 2.45) is 0 Å². The molecule has 19 heavy (non-hydrogen) atoms. The molecule has 2 rings (SSSR count). The maximum Gasteiger partial charge on any atom is 0.339 e. The van der Waals surface area contributed by atoms with Gasteiger partial charge in [-0.3, -0.25) is 0 Å². The summed E-state index contributed by atoms with van der Waals surface area (Å²) in [5.74, 6) is 0.566. The lowest BCUT2D eigenvalue weighted by molar-refractivity contribution is 0.0693. The number of methoxy groups -OCH3 is 1. The lowest BCUT2D eigenvalue weighted by Crippen LogP contribution is -2.03. The lowest BCUT2D eigenvalue weighted by Gasteiger charge is -2.13. The zero-order chi connectivity index (χ0) is 13.8. The Labute approximate surface area is 111 Å².